The number of amides is 3. The largest absolute Gasteiger partial charge is 0.550 e. The van der Waals surface area contributed by atoms with Gasteiger partial charge in [-0.25, -0.2) is 4.79 Å². The molecule has 1 aliphatic rings. The van der Waals surface area contributed by atoms with Gasteiger partial charge in [-0.3, -0.25) is 10.1 Å². The average molecular weight is 247 g/mol. The second-order valence-electron chi connectivity index (χ2n) is 4.05. The highest BCUT2D eigenvalue weighted by atomic mass is 16.4. The number of imide groups is 1. The molecule has 2 N–H and O–H groups in total. The fourth-order valence-electron chi connectivity index (χ4n) is 2.03. The van der Waals surface area contributed by atoms with Crippen LogP contribution >= 0.6 is 0 Å². The summed E-state index contributed by atoms with van der Waals surface area (Å²) in [6, 6.07) is 7.91. The van der Waals surface area contributed by atoms with Crippen molar-refractivity contribution in [2.75, 3.05) is 0 Å². The summed E-state index contributed by atoms with van der Waals surface area (Å²) in [5.74, 6) is -1.81. The first-order chi connectivity index (χ1) is 8.54. The van der Waals surface area contributed by atoms with E-state index in [9.17, 15) is 19.5 Å². The number of hydrogen-bond donors (Lipinski definition) is 2. The maximum Gasteiger partial charge on any atom is 0.322 e. The molecule has 0 aliphatic carbocycles. The Hall–Kier alpha value is -2.37. The third kappa shape index (κ3) is 2.04. The first-order valence-electron chi connectivity index (χ1n) is 5.43. The van der Waals surface area contributed by atoms with Crippen molar-refractivity contribution in [3.8, 4) is 0 Å². The van der Waals surface area contributed by atoms with Gasteiger partial charge in [0.25, 0.3) is 5.91 Å². The van der Waals surface area contributed by atoms with Crippen molar-refractivity contribution in [3.05, 3.63) is 35.9 Å². The molecule has 94 valence electrons. The summed E-state index contributed by atoms with van der Waals surface area (Å²) in [4.78, 5) is 33.8. The maximum absolute atomic E-state index is 11.9. The zero-order chi connectivity index (χ0) is 13.2. The van der Waals surface area contributed by atoms with Crippen molar-refractivity contribution < 1.29 is 19.5 Å². The van der Waals surface area contributed by atoms with E-state index in [4.69, 9.17) is 0 Å². The van der Waals surface area contributed by atoms with Gasteiger partial charge in [0.05, 0.1) is 0 Å². The van der Waals surface area contributed by atoms with Crippen LogP contribution < -0.4 is 15.7 Å². The minimum Gasteiger partial charge on any atom is -0.550 e. The molecule has 6 nitrogen and oxygen atoms in total. The number of hydrogen-bond acceptors (Lipinski definition) is 4. The second kappa shape index (κ2) is 4.48. The van der Waals surface area contributed by atoms with Crippen LogP contribution in [0.2, 0.25) is 0 Å². The van der Waals surface area contributed by atoms with Crippen LogP contribution in [0.25, 0.3) is 0 Å². The SMILES string of the molecule is O=C([O-])CC[C@]1(c2ccccc2)NC(=O)NC1=O. The Bertz CT molecular complexity index is 500. The van der Waals surface area contributed by atoms with Crippen LogP contribution in [0.15, 0.2) is 30.3 Å². The van der Waals surface area contributed by atoms with Crippen LogP contribution in [0.1, 0.15) is 18.4 Å². The third-order valence-corrected chi connectivity index (χ3v) is 2.91. The van der Waals surface area contributed by atoms with Crippen LogP contribution in [0, 0.1) is 0 Å². The molecule has 0 saturated carbocycles. The number of nitrogens with one attached hydrogen (secondary N) is 2. The fourth-order valence-corrected chi connectivity index (χ4v) is 2.03. The highest BCUT2D eigenvalue weighted by Gasteiger charge is 2.46. The van der Waals surface area contributed by atoms with E-state index in [0.29, 0.717) is 5.56 Å². The molecule has 3 amide bonds. The fraction of sp³-hybridized carbons (Fsp3) is 0.250. The molecule has 1 fully saturated rings. The van der Waals surface area contributed by atoms with E-state index >= 15 is 0 Å². The van der Waals surface area contributed by atoms with Gasteiger partial charge in [0.15, 0.2) is 0 Å². The van der Waals surface area contributed by atoms with E-state index in [1.807, 2.05) is 0 Å². The number of carboxylic acid groups (broad SMARTS) is 1. The number of carbonyl (C=O) groups is 3. The lowest BCUT2D eigenvalue weighted by Crippen LogP contribution is -2.44. The summed E-state index contributed by atoms with van der Waals surface area (Å²) in [7, 11) is 0. The molecule has 1 aromatic rings. The zero-order valence-corrected chi connectivity index (χ0v) is 9.43. The summed E-state index contributed by atoms with van der Waals surface area (Å²) >= 11 is 0. The van der Waals surface area contributed by atoms with Gasteiger partial charge in [-0.1, -0.05) is 30.3 Å². The molecule has 1 aliphatic heterocycles. The van der Waals surface area contributed by atoms with E-state index in [-0.39, 0.29) is 12.8 Å². The number of urea groups is 1. The van der Waals surface area contributed by atoms with Gasteiger partial charge in [0, 0.05) is 5.97 Å². The first kappa shape index (κ1) is 12.1. The van der Waals surface area contributed by atoms with Crippen molar-refractivity contribution in [1.82, 2.24) is 10.6 Å². The monoisotopic (exact) mass is 247 g/mol. The Kier molecular flexibility index (Phi) is 3.01. The van der Waals surface area contributed by atoms with Crippen LogP contribution in [-0.2, 0) is 15.1 Å². The lowest BCUT2D eigenvalue weighted by atomic mass is 9.85. The summed E-state index contributed by atoms with van der Waals surface area (Å²) in [5.41, 5.74) is -0.770. The van der Waals surface area contributed by atoms with Crippen LogP contribution in [0.3, 0.4) is 0 Å². The van der Waals surface area contributed by atoms with Crippen molar-refractivity contribution >= 4 is 17.9 Å². The quantitative estimate of drug-likeness (QED) is 0.684. The molecule has 0 aromatic heterocycles. The molecule has 0 spiro atoms. The van der Waals surface area contributed by atoms with Gasteiger partial charge < -0.3 is 15.2 Å². The number of aliphatic carboxylic acids is 1. The van der Waals surface area contributed by atoms with Crippen molar-refractivity contribution in [1.29, 1.82) is 0 Å². The minimum absolute atomic E-state index is 0.0447. The highest BCUT2D eigenvalue weighted by molar-refractivity contribution is 6.07. The molecule has 1 heterocycles. The molecular weight excluding hydrogens is 236 g/mol. The molecule has 0 unspecified atom stereocenters. The molecule has 0 bridgehead atoms. The van der Waals surface area contributed by atoms with Gasteiger partial charge >= 0.3 is 6.03 Å². The topological polar surface area (TPSA) is 98.3 Å². The Labute approximate surface area is 103 Å². The molecule has 1 atom stereocenters. The summed E-state index contributed by atoms with van der Waals surface area (Å²) in [5, 5.41) is 15.2. The van der Waals surface area contributed by atoms with Gasteiger partial charge in [0.1, 0.15) is 5.54 Å². The summed E-state index contributed by atoms with van der Waals surface area (Å²) < 4.78 is 0. The predicted molar refractivity (Wildman–Crippen MR) is 59.0 cm³/mol. The van der Waals surface area contributed by atoms with Gasteiger partial charge in [0.2, 0.25) is 0 Å². The Morgan fingerprint density at radius 3 is 2.39 bits per heavy atom. The van der Waals surface area contributed by atoms with Crippen LogP contribution in [0.4, 0.5) is 4.79 Å². The molecule has 2 rings (SSSR count). The predicted octanol–water partition coefficient (Wildman–Crippen LogP) is -0.749. The van der Waals surface area contributed by atoms with E-state index in [1.165, 1.54) is 0 Å². The highest BCUT2D eigenvalue weighted by Crippen LogP contribution is 2.29. The standard InChI is InChI=1S/C12H12N2O4/c15-9(16)6-7-12(8-4-2-1-3-5-8)10(17)13-11(18)14-12/h1-5H,6-7H2,(H,15,16)(H2,13,14,17,18)/p-1/t12-/m1/s1. The molecule has 6 heteroatoms. The van der Waals surface area contributed by atoms with Gasteiger partial charge in [-0.2, -0.15) is 0 Å². The number of benzene rings is 1. The van der Waals surface area contributed by atoms with E-state index in [2.05, 4.69) is 10.6 Å². The first-order valence-corrected chi connectivity index (χ1v) is 5.43. The molecule has 18 heavy (non-hydrogen) atoms. The van der Waals surface area contributed by atoms with Crippen molar-refractivity contribution in [2.45, 2.75) is 18.4 Å². The van der Waals surface area contributed by atoms with Crippen LogP contribution in [-0.4, -0.2) is 17.9 Å². The number of rotatable bonds is 4. The molecule has 1 aromatic carbocycles. The van der Waals surface area contributed by atoms with Crippen LogP contribution in [0.5, 0.6) is 0 Å². The summed E-state index contributed by atoms with van der Waals surface area (Å²) in [6.45, 7) is 0. The van der Waals surface area contributed by atoms with Crippen molar-refractivity contribution in [2.24, 2.45) is 0 Å². The maximum atomic E-state index is 11.9. The summed E-state index contributed by atoms with van der Waals surface area (Å²) in [6.07, 6.45) is -0.362. The lowest BCUT2D eigenvalue weighted by Gasteiger charge is -2.26. The molecule has 1 saturated heterocycles. The normalized spacial score (nSPS) is 22.4. The smallest absolute Gasteiger partial charge is 0.322 e. The van der Waals surface area contributed by atoms with Crippen molar-refractivity contribution in [3.63, 3.8) is 0 Å². The third-order valence-electron chi connectivity index (χ3n) is 2.91. The average Bonchev–Trinajstić information content (AvgIpc) is 2.64. The number of carboxylic acids is 1. The lowest BCUT2D eigenvalue weighted by molar-refractivity contribution is -0.306. The second-order valence-corrected chi connectivity index (χ2v) is 4.05. The Morgan fingerprint density at radius 2 is 1.89 bits per heavy atom. The molecular formula is C12H11N2O4-. The minimum atomic E-state index is -1.32. The van der Waals surface area contributed by atoms with E-state index < -0.39 is 23.4 Å². The van der Waals surface area contributed by atoms with E-state index in [1.54, 1.807) is 30.3 Å². The Morgan fingerprint density at radius 1 is 1.22 bits per heavy atom. The van der Waals surface area contributed by atoms with Gasteiger partial charge in [-0.05, 0) is 18.4 Å². The Balaban J connectivity index is 2.37. The van der Waals surface area contributed by atoms with Gasteiger partial charge in [-0.15, -0.1) is 0 Å². The molecule has 0 radical (unpaired) electrons. The van der Waals surface area contributed by atoms with E-state index in [0.717, 1.165) is 0 Å². The zero-order valence-electron chi connectivity index (χ0n) is 9.43. The number of carbonyl (C=O) groups excluding carboxylic acids is 3.